The molecular formula is C23H21ClINO3. The van der Waals surface area contributed by atoms with E-state index in [0.29, 0.717) is 32.8 Å². The smallest absolute Gasteiger partial charge is 0.264 e. The number of carbonyl (C=O) groups excluding carboxylic acids is 1. The highest BCUT2D eigenvalue weighted by atomic mass is 127. The van der Waals surface area contributed by atoms with Gasteiger partial charge in [-0.3, -0.25) is 9.59 Å². The van der Waals surface area contributed by atoms with E-state index in [1.165, 1.54) is 0 Å². The molecule has 29 heavy (non-hydrogen) atoms. The number of rotatable bonds is 7. The van der Waals surface area contributed by atoms with Crippen molar-refractivity contribution in [3.63, 3.8) is 0 Å². The van der Waals surface area contributed by atoms with Crippen LogP contribution in [0.2, 0.25) is 5.02 Å². The molecule has 0 aliphatic rings. The van der Waals surface area contributed by atoms with Crippen LogP contribution in [0.4, 0.5) is 0 Å². The van der Waals surface area contributed by atoms with Crippen molar-refractivity contribution in [2.24, 2.45) is 0 Å². The highest BCUT2D eigenvalue weighted by Gasteiger charge is 2.14. The van der Waals surface area contributed by atoms with E-state index in [9.17, 15) is 9.59 Å². The van der Waals surface area contributed by atoms with Gasteiger partial charge in [0.2, 0.25) is 0 Å². The van der Waals surface area contributed by atoms with Gasteiger partial charge in [0.05, 0.1) is 14.3 Å². The molecule has 1 heterocycles. The molecule has 3 aromatic rings. The van der Waals surface area contributed by atoms with Crippen molar-refractivity contribution in [1.29, 1.82) is 0 Å². The van der Waals surface area contributed by atoms with Crippen LogP contribution in [0, 0.1) is 17.4 Å². The molecule has 1 aromatic heterocycles. The molecule has 0 aliphatic carbocycles. The average Bonchev–Trinajstić information content (AvgIpc) is 2.71. The molecule has 6 heteroatoms. The fourth-order valence-corrected chi connectivity index (χ4v) is 4.24. The fraction of sp³-hybridized carbons (Fsp3) is 0.217. The molecule has 0 atom stereocenters. The van der Waals surface area contributed by atoms with Crippen LogP contribution in [0.3, 0.4) is 0 Å². The van der Waals surface area contributed by atoms with E-state index in [0.717, 1.165) is 28.7 Å². The summed E-state index contributed by atoms with van der Waals surface area (Å²) in [6.07, 6.45) is 1.46. The van der Waals surface area contributed by atoms with Crippen LogP contribution in [0.25, 0.3) is 0 Å². The predicted octanol–water partition coefficient (Wildman–Crippen LogP) is 5.36. The Balaban J connectivity index is 1.87. The maximum absolute atomic E-state index is 12.8. The van der Waals surface area contributed by atoms with E-state index < -0.39 is 0 Å². The Hall–Kier alpha value is -2.12. The number of aldehydes is 1. The lowest BCUT2D eigenvalue weighted by Crippen LogP contribution is -2.28. The van der Waals surface area contributed by atoms with Gasteiger partial charge in [0.25, 0.3) is 5.56 Å². The second-order valence-corrected chi connectivity index (χ2v) is 8.43. The molecule has 0 spiro atoms. The minimum atomic E-state index is -0.0837. The summed E-state index contributed by atoms with van der Waals surface area (Å²) in [5, 5.41) is 0.511. The zero-order valence-corrected chi connectivity index (χ0v) is 19.2. The first-order valence-electron chi connectivity index (χ1n) is 9.21. The molecule has 0 amide bonds. The number of aromatic nitrogens is 1. The molecule has 2 aromatic carbocycles. The van der Waals surface area contributed by atoms with E-state index in [4.69, 9.17) is 16.3 Å². The second-order valence-electron chi connectivity index (χ2n) is 6.86. The van der Waals surface area contributed by atoms with Crippen LogP contribution < -0.4 is 10.3 Å². The second kappa shape index (κ2) is 9.59. The lowest BCUT2D eigenvalue weighted by Gasteiger charge is -2.18. The van der Waals surface area contributed by atoms with Crippen LogP contribution in [0.15, 0.2) is 53.3 Å². The van der Waals surface area contributed by atoms with Crippen LogP contribution in [0.1, 0.15) is 32.7 Å². The van der Waals surface area contributed by atoms with Crippen molar-refractivity contribution in [3.8, 4) is 5.75 Å². The molecule has 0 unspecified atom stereocenters. The molecule has 0 N–H and O–H groups in total. The summed E-state index contributed by atoms with van der Waals surface area (Å²) >= 11 is 8.50. The zero-order valence-electron chi connectivity index (χ0n) is 16.2. The van der Waals surface area contributed by atoms with Crippen molar-refractivity contribution in [1.82, 2.24) is 4.57 Å². The monoisotopic (exact) mass is 521 g/mol. The van der Waals surface area contributed by atoms with Crippen LogP contribution >= 0.6 is 34.2 Å². The average molecular weight is 522 g/mol. The van der Waals surface area contributed by atoms with E-state index in [2.05, 4.69) is 0 Å². The summed E-state index contributed by atoms with van der Waals surface area (Å²) in [5.74, 6) is 0.811. The minimum Gasteiger partial charge on any atom is -0.487 e. The minimum absolute atomic E-state index is 0.0837. The predicted molar refractivity (Wildman–Crippen MR) is 124 cm³/mol. The molecule has 0 fully saturated rings. The first-order chi connectivity index (χ1) is 13.9. The standard InChI is InChI=1S/C23H21ClINO3/c1-15-4-3-5-16(2)22(15)29-14-21-19(24)12-20(25)23(28)26(21)11-10-17-6-8-18(13-27)9-7-17/h3-9,12-13H,10-11,14H2,1-2H3. The number of hydrogen-bond donors (Lipinski definition) is 0. The Labute approximate surface area is 188 Å². The van der Waals surface area contributed by atoms with Gasteiger partial charge in [-0.15, -0.1) is 0 Å². The Morgan fingerprint density at radius 3 is 2.38 bits per heavy atom. The van der Waals surface area contributed by atoms with Gasteiger partial charge in [-0.05, 0) is 65.6 Å². The van der Waals surface area contributed by atoms with E-state index >= 15 is 0 Å². The molecule has 0 bridgehead atoms. The van der Waals surface area contributed by atoms with Gasteiger partial charge in [0, 0.05) is 12.1 Å². The van der Waals surface area contributed by atoms with E-state index in [-0.39, 0.29) is 12.2 Å². The number of nitrogens with zero attached hydrogens (tertiary/aromatic N) is 1. The van der Waals surface area contributed by atoms with Gasteiger partial charge in [0.1, 0.15) is 18.6 Å². The molecule has 3 rings (SSSR count). The van der Waals surface area contributed by atoms with Gasteiger partial charge in [-0.1, -0.05) is 54.1 Å². The number of pyridine rings is 1. The number of para-hydroxylation sites is 1. The van der Waals surface area contributed by atoms with E-state index in [1.807, 2.05) is 66.8 Å². The van der Waals surface area contributed by atoms with Crippen molar-refractivity contribution >= 4 is 40.5 Å². The van der Waals surface area contributed by atoms with Crippen molar-refractivity contribution < 1.29 is 9.53 Å². The lowest BCUT2D eigenvalue weighted by molar-refractivity contribution is 0.112. The molecule has 4 nitrogen and oxygen atoms in total. The summed E-state index contributed by atoms with van der Waals surface area (Å²) < 4.78 is 8.32. The Kier molecular flexibility index (Phi) is 7.14. The third kappa shape index (κ3) is 5.08. The number of carbonyl (C=O) groups is 1. The van der Waals surface area contributed by atoms with E-state index in [1.54, 1.807) is 22.8 Å². The quantitative estimate of drug-likeness (QED) is 0.311. The number of ether oxygens (including phenoxy) is 1. The molecule has 0 saturated carbocycles. The molecule has 0 aliphatic heterocycles. The molecular weight excluding hydrogens is 501 g/mol. The first-order valence-corrected chi connectivity index (χ1v) is 10.7. The first kappa shape index (κ1) is 21.6. The van der Waals surface area contributed by atoms with Gasteiger partial charge >= 0.3 is 0 Å². The largest absolute Gasteiger partial charge is 0.487 e. The SMILES string of the molecule is Cc1cccc(C)c1OCc1c(Cl)cc(I)c(=O)n1CCc1ccc(C=O)cc1. The normalized spacial score (nSPS) is 10.8. The Morgan fingerprint density at radius 2 is 1.76 bits per heavy atom. The zero-order chi connectivity index (χ0) is 21.0. The summed E-state index contributed by atoms with van der Waals surface area (Å²) in [6.45, 7) is 4.67. The van der Waals surface area contributed by atoms with Gasteiger partial charge in [0.15, 0.2) is 0 Å². The number of benzene rings is 2. The molecule has 150 valence electrons. The summed E-state index contributed by atoms with van der Waals surface area (Å²) in [5.41, 5.74) is 4.32. The maximum Gasteiger partial charge on any atom is 0.264 e. The van der Waals surface area contributed by atoms with Crippen LogP contribution in [0.5, 0.6) is 5.75 Å². The third-order valence-corrected chi connectivity index (χ3v) is 5.91. The summed E-state index contributed by atoms with van der Waals surface area (Å²) in [7, 11) is 0. The number of aryl methyl sites for hydroxylation is 3. The topological polar surface area (TPSA) is 48.3 Å². The van der Waals surface area contributed by atoms with Crippen molar-refractivity contribution in [2.45, 2.75) is 33.4 Å². The van der Waals surface area contributed by atoms with Gasteiger partial charge in [-0.25, -0.2) is 0 Å². The third-order valence-electron chi connectivity index (χ3n) is 4.81. The highest BCUT2D eigenvalue weighted by molar-refractivity contribution is 14.1. The Morgan fingerprint density at radius 1 is 1.10 bits per heavy atom. The summed E-state index contributed by atoms with van der Waals surface area (Å²) in [6, 6.07) is 15.0. The highest BCUT2D eigenvalue weighted by Crippen LogP contribution is 2.25. The fourth-order valence-electron chi connectivity index (χ4n) is 3.19. The maximum atomic E-state index is 12.8. The summed E-state index contributed by atoms with van der Waals surface area (Å²) in [4.78, 5) is 23.6. The number of hydrogen-bond acceptors (Lipinski definition) is 3. The Bertz CT molecular complexity index is 1070. The molecule has 0 radical (unpaired) electrons. The number of halogens is 2. The molecule has 0 saturated heterocycles. The van der Waals surface area contributed by atoms with Crippen molar-refractivity contribution in [2.75, 3.05) is 0 Å². The van der Waals surface area contributed by atoms with Gasteiger partial charge < -0.3 is 9.30 Å². The van der Waals surface area contributed by atoms with Crippen LogP contribution in [-0.2, 0) is 19.6 Å². The van der Waals surface area contributed by atoms with Crippen molar-refractivity contribution in [3.05, 3.63) is 95.4 Å². The lowest BCUT2D eigenvalue weighted by atomic mass is 10.1. The van der Waals surface area contributed by atoms with Crippen LogP contribution in [-0.4, -0.2) is 10.9 Å². The van der Waals surface area contributed by atoms with Gasteiger partial charge in [-0.2, -0.15) is 0 Å².